The molecule has 1 aliphatic rings. The Morgan fingerprint density at radius 1 is 1.16 bits per heavy atom. The van der Waals surface area contributed by atoms with Crippen LogP contribution in [0.4, 0.5) is 17.6 Å². The van der Waals surface area contributed by atoms with Crippen molar-refractivity contribution in [1.82, 2.24) is 25.2 Å². The van der Waals surface area contributed by atoms with Gasteiger partial charge < -0.3 is 15.4 Å². The van der Waals surface area contributed by atoms with E-state index in [4.69, 9.17) is 16.3 Å². The lowest BCUT2D eigenvalue weighted by atomic mass is 9.98. The van der Waals surface area contributed by atoms with Crippen LogP contribution >= 0.6 is 11.6 Å². The average Bonchev–Trinajstić information content (AvgIpc) is 3.61. The number of hydrogen-bond acceptors (Lipinski definition) is 6. The molecule has 2 amide bonds. The molecule has 0 radical (unpaired) electrons. The first-order valence-corrected chi connectivity index (χ1v) is 13.7. The minimum Gasteiger partial charge on any atom is -0.458 e. The Morgan fingerprint density at radius 2 is 1.93 bits per heavy atom. The number of alkyl halides is 3. The number of carbonyl (C=O) groups excluding carboxylic acids is 3. The van der Waals surface area contributed by atoms with Crippen LogP contribution in [0.1, 0.15) is 71.7 Å². The zero-order chi connectivity index (χ0) is 31.8. The van der Waals surface area contributed by atoms with Crippen molar-refractivity contribution in [2.24, 2.45) is 0 Å². The molecule has 4 aromatic rings. The molecule has 2 heterocycles. The predicted molar refractivity (Wildman–Crippen MR) is 151 cm³/mol. The van der Waals surface area contributed by atoms with Gasteiger partial charge in [-0.3, -0.25) is 9.59 Å². The number of hydrogen-bond donors (Lipinski definition) is 2. The normalized spacial score (nSPS) is 14.3. The number of aromatic nitrogens is 3. The Labute approximate surface area is 252 Å². The van der Waals surface area contributed by atoms with E-state index in [1.807, 2.05) is 0 Å². The number of benzene rings is 2. The molecule has 2 aromatic carbocycles. The summed E-state index contributed by atoms with van der Waals surface area (Å²) in [5, 5.41) is 8.68. The second kappa shape index (κ2) is 12.1. The van der Waals surface area contributed by atoms with Gasteiger partial charge in [0.25, 0.3) is 11.8 Å². The van der Waals surface area contributed by atoms with Crippen LogP contribution in [0.2, 0.25) is 5.02 Å². The average molecular weight is 630 g/mol. The van der Waals surface area contributed by atoms with Crippen molar-refractivity contribution >= 4 is 35.0 Å². The van der Waals surface area contributed by atoms with Gasteiger partial charge in [-0.2, -0.15) is 18.3 Å². The number of esters is 1. The molecule has 9 nitrogen and oxygen atoms in total. The molecule has 14 heteroatoms. The molecule has 5 rings (SSSR count). The summed E-state index contributed by atoms with van der Waals surface area (Å²) >= 11 is 5.79. The molecule has 2 aromatic heterocycles. The van der Waals surface area contributed by atoms with E-state index in [2.05, 4.69) is 27.3 Å². The van der Waals surface area contributed by atoms with E-state index in [1.165, 1.54) is 18.2 Å². The fraction of sp³-hybridized carbons (Fsp3) is 0.233. The first kappa shape index (κ1) is 30.7. The minimum absolute atomic E-state index is 0.0631. The second-order valence-electron chi connectivity index (χ2n) is 10.0. The van der Waals surface area contributed by atoms with Crippen LogP contribution in [0.15, 0.2) is 55.1 Å². The Kier molecular flexibility index (Phi) is 8.42. The van der Waals surface area contributed by atoms with Crippen LogP contribution in [0, 0.1) is 12.7 Å². The third-order valence-electron chi connectivity index (χ3n) is 7.17. The van der Waals surface area contributed by atoms with E-state index in [1.54, 1.807) is 19.1 Å². The number of fused-ring (bicyclic) bond motifs is 2. The van der Waals surface area contributed by atoms with Crippen LogP contribution in [0.5, 0.6) is 0 Å². The van der Waals surface area contributed by atoms with Gasteiger partial charge in [0, 0.05) is 18.7 Å². The molecule has 0 saturated carbocycles. The number of nitrogens with zero attached hydrogens (tertiary/aromatic N) is 3. The van der Waals surface area contributed by atoms with Gasteiger partial charge in [0.15, 0.2) is 11.3 Å². The SMILES string of the molecule is C=CCOC(=O)c1ccc2c(c1C)CC[C@@H]2NC(=O)c1cc(C(=O)NCc2ccc(F)c(Cl)c2)n2nc(C(F)(F)F)cc2n1. The zero-order valence-electron chi connectivity index (χ0n) is 23.1. The topological polar surface area (TPSA) is 115 Å². The lowest BCUT2D eigenvalue weighted by Crippen LogP contribution is -2.30. The van der Waals surface area contributed by atoms with Crippen LogP contribution in [0.25, 0.3) is 5.65 Å². The summed E-state index contributed by atoms with van der Waals surface area (Å²) in [6.45, 7) is 5.23. The van der Waals surface area contributed by atoms with E-state index in [0.29, 0.717) is 40.1 Å². The first-order valence-electron chi connectivity index (χ1n) is 13.3. The highest BCUT2D eigenvalue weighted by Crippen LogP contribution is 2.35. The monoisotopic (exact) mass is 629 g/mol. The molecule has 0 fully saturated rings. The van der Waals surface area contributed by atoms with Crippen molar-refractivity contribution in [3.05, 3.63) is 111 Å². The second-order valence-corrected chi connectivity index (χ2v) is 10.4. The van der Waals surface area contributed by atoms with Crippen LogP contribution in [0.3, 0.4) is 0 Å². The molecule has 2 N–H and O–H groups in total. The van der Waals surface area contributed by atoms with Crippen LogP contribution < -0.4 is 10.6 Å². The lowest BCUT2D eigenvalue weighted by Gasteiger charge is -2.16. The van der Waals surface area contributed by atoms with Crippen molar-refractivity contribution in [1.29, 1.82) is 0 Å². The summed E-state index contributed by atoms with van der Waals surface area (Å²) in [6.07, 6.45) is -2.33. The number of halogens is 5. The fourth-order valence-corrected chi connectivity index (χ4v) is 5.21. The summed E-state index contributed by atoms with van der Waals surface area (Å²) in [5.41, 5.74) is 0.824. The molecule has 1 aliphatic carbocycles. The van der Waals surface area contributed by atoms with E-state index < -0.39 is 41.5 Å². The largest absolute Gasteiger partial charge is 0.458 e. The third kappa shape index (κ3) is 6.13. The van der Waals surface area contributed by atoms with Crippen molar-refractivity contribution < 1.29 is 36.7 Å². The van der Waals surface area contributed by atoms with Gasteiger partial charge in [-0.15, -0.1) is 0 Å². The molecule has 228 valence electrons. The fourth-order valence-electron chi connectivity index (χ4n) is 5.01. The van der Waals surface area contributed by atoms with Gasteiger partial charge in [-0.05, 0) is 60.2 Å². The van der Waals surface area contributed by atoms with Gasteiger partial charge in [0.05, 0.1) is 16.6 Å². The Bertz CT molecular complexity index is 1820. The van der Waals surface area contributed by atoms with Crippen molar-refractivity contribution in [2.45, 2.75) is 38.5 Å². The molecular formula is C30H24ClF4N5O4. The molecule has 0 bridgehead atoms. The Morgan fingerprint density at radius 3 is 2.64 bits per heavy atom. The maximum Gasteiger partial charge on any atom is 0.435 e. The standard InChI is InChI=1S/C30H24ClF4N5O4/c1-3-10-44-29(43)18-5-6-19-17(15(18)2)7-9-22(19)38-27(41)23-12-24(40-26(37-23)13-25(39-40)30(33,34)35)28(42)36-14-16-4-8-21(32)20(31)11-16/h3-6,8,11-13,22H,1,7,9-10,14H2,2H3,(H,36,42)(H,38,41)/t22-/m0/s1. The highest BCUT2D eigenvalue weighted by atomic mass is 35.5. The van der Waals surface area contributed by atoms with E-state index in [0.717, 1.165) is 23.3 Å². The van der Waals surface area contributed by atoms with E-state index in [9.17, 15) is 31.9 Å². The van der Waals surface area contributed by atoms with E-state index in [-0.39, 0.29) is 35.2 Å². The molecule has 0 saturated heterocycles. The molecule has 1 atom stereocenters. The smallest absolute Gasteiger partial charge is 0.435 e. The lowest BCUT2D eigenvalue weighted by molar-refractivity contribution is -0.141. The van der Waals surface area contributed by atoms with Crippen molar-refractivity contribution in [3.63, 3.8) is 0 Å². The molecular weight excluding hydrogens is 606 g/mol. The third-order valence-corrected chi connectivity index (χ3v) is 7.46. The molecule has 44 heavy (non-hydrogen) atoms. The summed E-state index contributed by atoms with van der Waals surface area (Å²) < 4.78 is 59.8. The Balaban J connectivity index is 1.42. The number of rotatable bonds is 8. The highest BCUT2D eigenvalue weighted by Gasteiger charge is 2.35. The molecule has 0 aliphatic heterocycles. The van der Waals surface area contributed by atoms with Crippen LogP contribution in [-0.2, 0) is 23.9 Å². The maximum atomic E-state index is 13.5. The minimum atomic E-state index is -4.84. The molecule has 0 unspecified atom stereocenters. The van der Waals surface area contributed by atoms with Crippen molar-refractivity contribution in [2.75, 3.05) is 6.61 Å². The summed E-state index contributed by atoms with van der Waals surface area (Å²) in [6, 6.07) is 8.30. The van der Waals surface area contributed by atoms with Gasteiger partial charge in [-0.25, -0.2) is 18.7 Å². The zero-order valence-corrected chi connectivity index (χ0v) is 23.9. The maximum absolute atomic E-state index is 13.5. The summed E-state index contributed by atoms with van der Waals surface area (Å²) in [4.78, 5) is 43.0. The van der Waals surface area contributed by atoms with Crippen LogP contribution in [-0.4, -0.2) is 39.0 Å². The van der Waals surface area contributed by atoms with Gasteiger partial charge in [0.1, 0.15) is 23.8 Å². The Hall–Kier alpha value is -4.78. The van der Waals surface area contributed by atoms with Crippen molar-refractivity contribution in [3.8, 4) is 0 Å². The van der Waals surface area contributed by atoms with Gasteiger partial charge >= 0.3 is 12.1 Å². The number of nitrogens with one attached hydrogen (secondary N) is 2. The number of ether oxygens (including phenoxy) is 1. The number of carbonyl (C=O) groups is 3. The highest BCUT2D eigenvalue weighted by molar-refractivity contribution is 6.30. The van der Waals surface area contributed by atoms with Gasteiger partial charge in [0.2, 0.25) is 0 Å². The number of amides is 2. The molecule has 0 spiro atoms. The first-order chi connectivity index (χ1) is 20.9. The summed E-state index contributed by atoms with van der Waals surface area (Å²) in [7, 11) is 0. The van der Waals surface area contributed by atoms with E-state index >= 15 is 0 Å². The quantitative estimate of drug-likeness (QED) is 0.150. The predicted octanol–water partition coefficient (Wildman–Crippen LogP) is 5.54. The van der Waals surface area contributed by atoms with Gasteiger partial charge in [-0.1, -0.05) is 36.4 Å². The summed E-state index contributed by atoms with van der Waals surface area (Å²) in [5.74, 6) is -2.74.